The van der Waals surface area contributed by atoms with Gasteiger partial charge in [-0.15, -0.1) is 5.10 Å². The van der Waals surface area contributed by atoms with E-state index in [2.05, 4.69) is 21.2 Å². The first kappa shape index (κ1) is 16.5. The minimum atomic E-state index is -0.214. The van der Waals surface area contributed by atoms with Gasteiger partial charge in [0.25, 0.3) is 0 Å². The largest absolute Gasteiger partial charge is 0.246 e. The Kier molecular flexibility index (Phi) is 3.88. The molecule has 0 saturated heterocycles. The van der Waals surface area contributed by atoms with Crippen molar-refractivity contribution in [3.8, 4) is 0 Å². The van der Waals surface area contributed by atoms with Gasteiger partial charge >= 0.3 is 0 Å². The smallest absolute Gasteiger partial charge is 0.0999 e. The van der Waals surface area contributed by atoms with E-state index < -0.39 is 0 Å². The zero-order valence-corrected chi connectivity index (χ0v) is 16.3. The highest BCUT2D eigenvalue weighted by atomic mass is 35.5. The average Bonchev–Trinajstić information content (AvgIpc) is 3.06. The Balaban J connectivity index is 1.47. The second kappa shape index (κ2) is 5.90. The van der Waals surface area contributed by atoms with Gasteiger partial charge in [-0.3, -0.25) is 0 Å². The minimum Gasteiger partial charge on any atom is -0.246 e. The van der Waals surface area contributed by atoms with Gasteiger partial charge < -0.3 is 0 Å². The molecular formula is C19H21Cl2N3S. The number of rotatable bonds is 3. The Morgan fingerprint density at radius 1 is 1.08 bits per heavy atom. The van der Waals surface area contributed by atoms with Crippen LogP contribution in [0.5, 0.6) is 0 Å². The van der Waals surface area contributed by atoms with Crippen LogP contribution in [0.1, 0.15) is 55.0 Å². The van der Waals surface area contributed by atoms with Crippen LogP contribution >= 0.6 is 35.8 Å². The van der Waals surface area contributed by atoms with E-state index in [9.17, 15) is 0 Å². The third-order valence-corrected chi connectivity index (χ3v) is 7.66. The molecule has 1 aromatic carbocycles. The van der Waals surface area contributed by atoms with Crippen molar-refractivity contribution < 1.29 is 0 Å². The van der Waals surface area contributed by atoms with Crippen LogP contribution in [0.2, 0.25) is 10.0 Å². The predicted octanol–water partition coefficient (Wildman–Crippen LogP) is 5.53. The zero-order chi connectivity index (χ0) is 17.2. The summed E-state index contributed by atoms with van der Waals surface area (Å²) in [5, 5.41) is 10.1. The van der Waals surface area contributed by atoms with E-state index in [1.54, 1.807) is 6.07 Å². The van der Waals surface area contributed by atoms with Gasteiger partial charge in [-0.25, -0.2) is 4.68 Å². The fourth-order valence-electron chi connectivity index (χ4n) is 5.86. The van der Waals surface area contributed by atoms with Gasteiger partial charge in [0.05, 0.1) is 22.7 Å². The van der Waals surface area contributed by atoms with Crippen molar-refractivity contribution >= 4 is 35.8 Å². The van der Waals surface area contributed by atoms with Crippen LogP contribution in [0.15, 0.2) is 24.4 Å². The molecule has 4 aliphatic rings. The van der Waals surface area contributed by atoms with Crippen molar-refractivity contribution in [1.82, 2.24) is 15.0 Å². The molecule has 2 aromatic rings. The summed E-state index contributed by atoms with van der Waals surface area (Å²) in [6.07, 6.45) is 10.2. The van der Waals surface area contributed by atoms with Crippen molar-refractivity contribution in [3.05, 3.63) is 45.7 Å². The fraction of sp³-hybridized carbons (Fsp3) is 0.579. The molecule has 6 heteroatoms. The molecule has 1 atom stereocenters. The average molecular weight is 394 g/mol. The van der Waals surface area contributed by atoms with Gasteiger partial charge in [0.15, 0.2) is 0 Å². The van der Waals surface area contributed by atoms with Crippen LogP contribution in [0.3, 0.4) is 0 Å². The number of benzene rings is 1. The lowest BCUT2D eigenvalue weighted by molar-refractivity contribution is -0.0502. The summed E-state index contributed by atoms with van der Waals surface area (Å²) in [6.45, 7) is 0. The first-order valence-corrected chi connectivity index (χ1v) is 10.4. The highest BCUT2D eigenvalue weighted by Gasteiger charge is 2.52. The minimum absolute atomic E-state index is 0.186. The molecule has 3 nitrogen and oxygen atoms in total. The zero-order valence-electron chi connectivity index (χ0n) is 13.9. The van der Waals surface area contributed by atoms with Gasteiger partial charge in [-0.05, 0) is 80.0 Å². The van der Waals surface area contributed by atoms with Crippen LogP contribution in [-0.4, -0.2) is 15.0 Å². The molecule has 6 rings (SSSR count). The molecule has 4 bridgehead atoms. The van der Waals surface area contributed by atoms with Crippen LogP contribution in [0.4, 0.5) is 0 Å². The van der Waals surface area contributed by atoms with E-state index in [4.69, 9.17) is 35.8 Å². The highest BCUT2D eigenvalue weighted by molar-refractivity contribution is 7.80. The van der Waals surface area contributed by atoms with E-state index in [1.165, 1.54) is 38.5 Å². The summed E-state index contributed by atoms with van der Waals surface area (Å²) in [6, 6.07) is 5.47. The maximum Gasteiger partial charge on any atom is 0.0999 e. The lowest BCUT2D eigenvalue weighted by Crippen LogP contribution is -2.52. The van der Waals surface area contributed by atoms with Crippen LogP contribution in [0.25, 0.3) is 0 Å². The summed E-state index contributed by atoms with van der Waals surface area (Å²) in [4.78, 5) is 0. The second-order valence-electron chi connectivity index (χ2n) is 8.30. The van der Waals surface area contributed by atoms with Crippen molar-refractivity contribution in [2.24, 2.45) is 17.8 Å². The summed E-state index contributed by atoms with van der Waals surface area (Å²) < 4.78 is 2.16. The normalized spacial score (nSPS) is 34.4. The molecule has 4 saturated carbocycles. The number of hydrogen-bond acceptors (Lipinski definition) is 3. The number of thiol groups is 1. The van der Waals surface area contributed by atoms with Gasteiger partial charge in [-0.2, -0.15) is 12.6 Å². The SMILES string of the molecule is SC(c1cn(C23CC4CC(CC(C4)C2)C3)nn1)c1cc(Cl)ccc1Cl. The van der Waals surface area contributed by atoms with Gasteiger partial charge in [0, 0.05) is 10.0 Å². The first-order valence-electron chi connectivity index (χ1n) is 9.08. The van der Waals surface area contributed by atoms with E-state index in [0.717, 1.165) is 29.0 Å². The molecule has 1 heterocycles. The summed E-state index contributed by atoms with van der Waals surface area (Å²) in [7, 11) is 0. The highest BCUT2D eigenvalue weighted by Crippen LogP contribution is 2.58. The predicted molar refractivity (Wildman–Crippen MR) is 103 cm³/mol. The molecule has 0 N–H and O–H groups in total. The molecule has 0 amide bonds. The molecule has 0 radical (unpaired) electrons. The van der Waals surface area contributed by atoms with Gasteiger partial charge in [0.2, 0.25) is 0 Å². The molecule has 4 fully saturated rings. The van der Waals surface area contributed by atoms with E-state index in [1.807, 2.05) is 12.1 Å². The molecule has 132 valence electrons. The molecule has 4 aliphatic carbocycles. The van der Waals surface area contributed by atoms with Crippen molar-refractivity contribution in [3.63, 3.8) is 0 Å². The van der Waals surface area contributed by atoms with E-state index >= 15 is 0 Å². The standard InChI is InChI=1S/C19H21Cl2N3S/c20-14-1-2-16(21)15(6-14)18(25)17-10-24(23-22-17)19-7-11-3-12(8-19)5-13(4-11)9-19/h1-2,6,10-13,18,25H,3-5,7-9H2. The molecule has 0 spiro atoms. The van der Waals surface area contributed by atoms with Gasteiger partial charge in [-0.1, -0.05) is 28.4 Å². The fourth-order valence-corrected chi connectivity index (χ4v) is 6.68. The molecule has 0 aliphatic heterocycles. The maximum atomic E-state index is 6.34. The Labute approximate surface area is 163 Å². The second-order valence-corrected chi connectivity index (χ2v) is 9.66. The molecule has 1 aromatic heterocycles. The maximum absolute atomic E-state index is 6.34. The lowest BCUT2D eigenvalue weighted by atomic mass is 9.53. The summed E-state index contributed by atoms with van der Waals surface area (Å²) >= 11 is 17.2. The van der Waals surface area contributed by atoms with Crippen LogP contribution in [0, 0.1) is 17.8 Å². The number of aromatic nitrogens is 3. The third kappa shape index (κ3) is 2.72. The Bertz CT molecular complexity index is 783. The quantitative estimate of drug-likeness (QED) is 0.694. The van der Waals surface area contributed by atoms with E-state index in [-0.39, 0.29) is 10.8 Å². The lowest BCUT2D eigenvalue weighted by Gasteiger charge is -2.56. The van der Waals surface area contributed by atoms with Crippen LogP contribution in [-0.2, 0) is 5.54 Å². The van der Waals surface area contributed by atoms with E-state index in [0.29, 0.717) is 10.0 Å². The Hall–Kier alpha value is -0.710. The third-order valence-electron chi connectivity index (χ3n) is 6.54. The number of nitrogens with zero attached hydrogens (tertiary/aromatic N) is 3. The van der Waals surface area contributed by atoms with Crippen molar-refractivity contribution in [2.75, 3.05) is 0 Å². The first-order chi connectivity index (χ1) is 12.0. The molecule has 25 heavy (non-hydrogen) atoms. The number of halogens is 2. The van der Waals surface area contributed by atoms with Gasteiger partial charge in [0.1, 0.15) is 0 Å². The van der Waals surface area contributed by atoms with Crippen molar-refractivity contribution in [1.29, 1.82) is 0 Å². The number of hydrogen-bond donors (Lipinski definition) is 1. The molecular weight excluding hydrogens is 373 g/mol. The van der Waals surface area contributed by atoms with Crippen molar-refractivity contribution in [2.45, 2.75) is 49.3 Å². The Morgan fingerprint density at radius 2 is 1.72 bits per heavy atom. The summed E-state index contributed by atoms with van der Waals surface area (Å²) in [5.74, 6) is 2.65. The molecule has 1 unspecified atom stereocenters. The topological polar surface area (TPSA) is 30.7 Å². The monoisotopic (exact) mass is 393 g/mol. The Morgan fingerprint density at radius 3 is 2.36 bits per heavy atom. The van der Waals surface area contributed by atoms with Crippen LogP contribution < -0.4 is 0 Å². The summed E-state index contributed by atoms with van der Waals surface area (Å²) in [5.41, 5.74) is 1.92.